The Morgan fingerprint density at radius 2 is 2.08 bits per heavy atom. The van der Waals surface area contributed by atoms with Crippen molar-refractivity contribution in [3.05, 3.63) is 42.2 Å². The van der Waals surface area contributed by atoms with Gasteiger partial charge in [0.1, 0.15) is 40.9 Å². The fraction of sp³-hybridized carbons (Fsp3) is 0.559. The van der Waals surface area contributed by atoms with E-state index in [0.717, 1.165) is 6.42 Å². The summed E-state index contributed by atoms with van der Waals surface area (Å²) in [7, 11) is 0. The SMILES string of the molecule is CCOc1cc(O[C@@H]2C[C@H]3C(=O)N[C@]4(C(=O)O)C[C@H]4/C=C\CCCC[C@H](NC(=O)O[C@@H]4CCOC4)CC(=O)N3C2)c2cccc(F)c2n1. The first-order valence-electron chi connectivity index (χ1n) is 16.6. The van der Waals surface area contributed by atoms with Gasteiger partial charge in [0, 0.05) is 42.7 Å². The van der Waals surface area contributed by atoms with Crippen molar-refractivity contribution < 1.29 is 47.6 Å². The highest BCUT2D eigenvalue weighted by molar-refractivity contribution is 5.95. The van der Waals surface area contributed by atoms with Gasteiger partial charge in [-0.25, -0.2) is 19.0 Å². The second-order valence-electron chi connectivity index (χ2n) is 12.8. The van der Waals surface area contributed by atoms with E-state index < -0.39 is 53.4 Å². The van der Waals surface area contributed by atoms with E-state index in [2.05, 4.69) is 15.6 Å². The Kier molecular flexibility index (Phi) is 9.99. The van der Waals surface area contributed by atoms with Gasteiger partial charge in [-0.2, -0.15) is 0 Å². The zero-order valence-corrected chi connectivity index (χ0v) is 26.8. The molecular formula is C34H41FN4O9. The molecule has 0 bridgehead atoms. The van der Waals surface area contributed by atoms with Gasteiger partial charge in [-0.3, -0.25) is 9.59 Å². The number of fused-ring (bicyclic) bond motifs is 3. The Balaban J connectivity index is 1.26. The first-order valence-corrected chi connectivity index (χ1v) is 16.6. The van der Waals surface area contributed by atoms with Crippen LogP contribution < -0.4 is 20.1 Å². The molecule has 4 aliphatic rings. The van der Waals surface area contributed by atoms with Gasteiger partial charge in [-0.1, -0.05) is 24.6 Å². The molecular weight excluding hydrogens is 627 g/mol. The maximum Gasteiger partial charge on any atom is 0.407 e. The molecule has 6 atom stereocenters. The number of nitrogens with one attached hydrogen (secondary N) is 2. The topological polar surface area (TPSA) is 166 Å². The summed E-state index contributed by atoms with van der Waals surface area (Å²) in [6.07, 6.45) is 5.51. The summed E-state index contributed by atoms with van der Waals surface area (Å²) in [5.74, 6) is -2.64. The van der Waals surface area contributed by atoms with Gasteiger partial charge in [-0.15, -0.1) is 0 Å². The number of carboxylic acid groups (broad SMARTS) is 1. The Labute approximate surface area is 277 Å². The van der Waals surface area contributed by atoms with Crippen molar-refractivity contribution in [2.24, 2.45) is 5.92 Å². The molecule has 3 N–H and O–H groups in total. The summed E-state index contributed by atoms with van der Waals surface area (Å²) < 4.78 is 37.5. The summed E-state index contributed by atoms with van der Waals surface area (Å²) in [5, 5.41) is 16.1. The van der Waals surface area contributed by atoms with Crippen molar-refractivity contribution in [3.8, 4) is 11.6 Å². The van der Waals surface area contributed by atoms with Crippen LogP contribution >= 0.6 is 0 Å². The highest BCUT2D eigenvalue weighted by Gasteiger charge is 2.61. The minimum absolute atomic E-state index is 0.00000226. The molecule has 1 saturated carbocycles. The fourth-order valence-corrected chi connectivity index (χ4v) is 6.76. The number of halogens is 1. The van der Waals surface area contributed by atoms with Crippen LogP contribution in [0.3, 0.4) is 0 Å². The van der Waals surface area contributed by atoms with Crippen molar-refractivity contribution >= 4 is 34.8 Å². The molecule has 0 radical (unpaired) electrons. The molecule has 0 unspecified atom stereocenters. The van der Waals surface area contributed by atoms with Crippen LogP contribution in [0, 0.1) is 11.7 Å². The third-order valence-electron chi connectivity index (χ3n) is 9.39. The van der Waals surface area contributed by atoms with Crippen molar-refractivity contribution in [2.75, 3.05) is 26.4 Å². The zero-order valence-electron chi connectivity index (χ0n) is 26.8. The van der Waals surface area contributed by atoms with E-state index in [1.54, 1.807) is 19.1 Å². The molecule has 13 nitrogen and oxygen atoms in total. The standard InChI is InChI=1S/C34H41FN4O9/c1-2-46-28-16-27(24-10-7-11-25(35)30(24)37-28)47-23-15-26-31(41)38-34(32(42)43)17-20(34)8-5-3-4-6-9-21(14-29(40)39(26)18-23)36-33(44)48-22-12-13-45-19-22/h5,7-8,10-11,16,20-23,26H,2-4,6,9,12-15,17-19H2,1H3,(H,36,44)(H,38,41)(H,42,43)/b8-5-/t20-,21+,22-,23-,26+,34-/m1/s1. The molecule has 1 aromatic carbocycles. The lowest BCUT2D eigenvalue weighted by atomic mass is 10.0. The number of alkyl carbamates (subject to hydrolysis) is 1. The quantitative estimate of drug-likeness (QED) is 0.372. The number of allylic oxidation sites excluding steroid dienone is 1. The van der Waals surface area contributed by atoms with Gasteiger partial charge in [0.05, 0.1) is 26.4 Å². The van der Waals surface area contributed by atoms with Crippen LogP contribution in [0.2, 0.25) is 0 Å². The maximum atomic E-state index is 14.8. The number of carboxylic acids is 1. The number of carbonyl (C=O) groups excluding carboxylic acids is 3. The van der Waals surface area contributed by atoms with Gasteiger partial charge in [0.15, 0.2) is 0 Å². The molecule has 2 saturated heterocycles. The smallest absolute Gasteiger partial charge is 0.407 e. The van der Waals surface area contributed by atoms with Gasteiger partial charge >= 0.3 is 12.1 Å². The Morgan fingerprint density at radius 1 is 1.23 bits per heavy atom. The van der Waals surface area contributed by atoms with E-state index in [4.69, 9.17) is 18.9 Å². The lowest BCUT2D eigenvalue weighted by Crippen LogP contribution is -2.53. The second-order valence-corrected chi connectivity index (χ2v) is 12.8. The van der Waals surface area contributed by atoms with Crippen molar-refractivity contribution in [1.29, 1.82) is 0 Å². The van der Waals surface area contributed by atoms with Crippen LogP contribution in [-0.2, 0) is 23.9 Å². The second kappa shape index (κ2) is 14.3. The van der Waals surface area contributed by atoms with E-state index in [1.165, 1.54) is 17.0 Å². The summed E-state index contributed by atoms with van der Waals surface area (Å²) in [6, 6.07) is 4.41. The lowest BCUT2D eigenvalue weighted by Gasteiger charge is -2.27. The molecule has 1 aromatic heterocycles. The number of pyridine rings is 1. The van der Waals surface area contributed by atoms with Gasteiger partial charge in [0.25, 0.3) is 0 Å². The molecule has 0 spiro atoms. The largest absolute Gasteiger partial charge is 0.488 e. The molecule has 14 heteroatoms. The molecule has 3 fully saturated rings. The van der Waals surface area contributed by atoms with Crippen LogP contribution in [0.4, 0.5) is 9.18 Å². The highest BCUT2D eigenvalue weighted by atomic mass is 19.1. The Bertz CT molecular complexity index is 1580. The molecule has 1 aliphatic carbocycles. The van der Waals surface area contributed by atoms with Crippen LogP contribution in [0.15, 0.2) is 36.4 Å². The van der Waals surface area contributed by atoms with Gasteiger partial charge in [-0.05, 0) is 44.7 Å². The lowest BCUT2D eigenvalue weighted by molar-refractivity contribution is -0.145. The number of aromatic nitrogens is 1. The van der Waals surface area contributed by atoms with Crippen molar-refractivity contribution in [1.82, 2.24) is 20.5 Å². The number of rotatable bonds is 7. The average molecular weight is 669 g/mol. The predicted octanol–water partition coefficient (Wildman–Crippen LogP) is 3.48. The number of amides is 3. The fourth-order valence-electron chi connectivity index (χ4n) is 6.76. The van der Waals surface area contributed by atoms with Crippen molar-refractivity contribution in [2.45, 2.75) is 88.1 Å². The van der Waals surface area contributed by atoms with E-state index in [0.29, 0.717) is 50.9 Å². The highest BCUT2D eigenvalue weighted by Crippen LogP contribution is 2.45. The first kappa shape index (κ1) is 33.4. The summed E-state index contributed by atoms with van der Waals surface area (Å²) in [6.45, 7) is 2.89. The summed E-state index contributed by atoms with van der Waals surface area (Å²) >= 11 is 0. The monoisotopic (exact) mass is 668 g/mol. The van der Waals surface area contributed by atoms with Crippen molar-refractivity contribution in [3.63, 3.8) is 0 Å². The van der Waals surface area contributed by atoms with Gasteiger partial charge < -0.3 is 39.6 Å². The number of hydrogen-bond acceptors (Lipinski definition) is 9. The minimum atomic E-state index is -1.45. The number of nitrogens with zero attached hydrogens (tertiary/aromatic N) is 2. The third kappa shape index (κ3) is 7.33. The van der Waals surface area contributed by atoms with Crippen LogP contribution in [-0.4, -0.2) is 95.1 Å². The predicted molar refractivity (Wildman–Crippen MR) is 169 cm³/mol. The number of para-hydroxylation sites is 1. The maximum absolute atomic E-state index is 14.8. The van der Waals surface area contributed by atoms with E-state index >= 15 is 0 Å². The van der Waals surface area contributed by atoms with E-state index in [9.17, 15) is 28.7 Å². The Morgan fingerprint density at radius 3 is 2.85 bits per heavy atom. The number of aliphatic carboxylic acids is 1. The number of carbonyl (C=O) groups is 4. The molecule has 4 heterocycles. The number of benzene rings is 1. The summed E-state index contributed by atoms with van der Waals surface area (Å²) in [5.41, 5.74) is -1.40. The third-order valence-corrected chi connectivity index (χ3v) is 9.39. The number of ether oxygens (including phenoxy) is 4. The molecule has 258 valence electrons. The average Bonchev–Trinajstić information content (AvgIpc) is 3.33. The van der Waals surface area contributed by atoms with Gasteiger partial charge in [0.2, 0.25) is 17.7 Å². The molecule has 3 amide bonds. The zero-order chi connectivity index (χ0) is 33.8. The minimum Gasteiger partial charge on any atom is -0.488 e. The first-order chi connectivity index (χ1) is 23.2. The molecule has 48 heavy (non-hydrogen) atoms. The normalized spacial score (nSPS) is 29.9. The summed E-state index contributed by atoms with van der Waals surface area (Å²) in [4.78, 5) is 58.6. The Hall–Kier alpha value is -4.46. The van der Waals surface area contributed by atoms with E-state index in [-0.39, 0.29) is 55.0 Å². The molecule has 6 rings (SSSR count). The van der Waals surface area contributed by atoms with Crippen LogP contribution in [0.25, 0.3) is 10.9 Å². The number of hydrogen-bond donors (Lipinski definition) is 3. The molecule has 3 aliphatic heterocycles. The molecule has 2 aromatic rings. The van der Waals surface area contributed by atoms with Crippen LogP contribution in [0.1, 0.15) is 58.3 Å². The van der Waals surface area contributed by atoms with E-state index in [1.807, 2.05) is 12.2 Å². The van der Waals surface area contributed by atoms with Crippen LogP contribution in [0.5, 0.6) is 11.6 Å².